The lowest BCUT2D eigenvalue weighted by atomic mass is 9.95. The molecule has 1 aromatic rings. The van der Waals surface area contributed by atoms with E-state index in [1.54, 1.807) is 0 Å². The fourth-order valence-corrected chi connectivity index (χ4v) is 3.65. The predicted molar refractivity (Wildman–Crippen MR) is 96.0 cm³/mol. The molecule has 1 aliphatic heterocycles. The summed E-state index contributed by atoms with van der Waals surface area (Å²) in [7, 11) is 0. The number of hydrogen-bond donors (Lipinski definition) is 2. The lowest BCUT2D eigenvalue weighted by molar-refractivity contribution is -0.116. The molecule has 2 N–H and O–H groups in total. The minimum atomic E-state index is 0.0993. The summed E-state index contributed by atoms with van der Waals surface area (Å²) >= 11 is 0. The SMILES string of the molecule is O=C(CCNC1CCCCC1)Nc1ccc(N2CCCC2)cc1. The monoisotopic (exact) mass is 315 g/mol. The van der Waals surface area contributed by atoms with Crippen LogP contribution < -0.4 is 15.5 Å². The van der Waals surface area contributed by atoms with Crippen LogP contribution in [0.5, 0.6) is 0 Å². The first-order valence-corrected chi connectivity index (χ1v) is 9.19. The predicted octanol–water partition coefficient (Wildman–Crippen LogP) is 3.54. The summed E-state index contributed by atoms with van der Waals surface area (Å²) in [4.78, 5) is 14.4. The Hall–Kier alpha value is -1.55. The molecule has 0 bridgehead atoms. The first-order valence-electron chi connectivity index (χ1n) is 9.19. The van der Waals surface area contributed by atoms with Gasteiger partial charge in [-0.3, -0.25) is 4.79 Å². The van der Waals surface area contributed by atoms with Gasteiger partial charge in [0.05, 0.1) is 0 Å². The second-order valence-electron chi connectivity index (χ2n) is 6.83. The number of carbonyl (C=O) groups is 1. The number of nitrogens with one attached hydrogen (secondary N) is 2. The molecule has 2 fully saturated rings. The lowest BCUT2D eigenvalue weighted by Crippen LogP contribution is -2.33. The quantitative estimate of drug-likeness (QED) is 0.844. The molecule has 23 heavy (non-hydrogen) atoms. The lowest BCUT2D eigenvalue weighted by Gasteiger charge is -2.22. The van der Waals surface area contributed by atoms with Gasteiger partial charge in [-0.1, -0.05) is 19.3 Å². The maximum Gasteiger partial charge on any atom is 0.225 e. The van der Waals surface area contributed by atoms with Gasteiger partial charge in [-0.05, 0) is 49.9 Å². The number of benzene rings is 1. The Morgan fingerprint density at radius 1 is 1.00 bits per heavy atom. The van der Waals surface area contributed by atoms with E-state index in [0.717, 1.165) is 25.3 Å². The molecule has 0 unspecified atom stereocenters. The zero-order chi connectivity index (χ0) is 15.9. The number of carbonyl (C=O) groups excluding carboxylic acids is 1. The zero-order valence-corrected chi connectivity index (χ0v) is 14.0. The molecule has 1 aromatic carbocycles. The van der Waals surface area contributed by atoms with Crippen molar-refractivity contribution in [2.45, 2.75) is 57.4 Å². The average molecular weight is 315 g/mol. The third kappa shape index (κ3) is 4.96. The zero-order valence-electron chi connectivity index (χ0n) is 14.0. The van der Waals surface area contributed by atoms with Crippen molar-refractivity contribution in [2.24, 2.45) is 0 Å². The van der Waals surface area contributed by atoms with Gasteiger partial charge in [-0.2, -0.15) is 0 Å². The van der Waals surface area contributed by atoms with E-state index < -0.39 is 0 Å². The molecule has 0 atom stereocenters. The van der Waals surface area contributed by atoms with Crippen molar-refractivity contribution in [3.8, 4) is 0 Å². The van der Waals surface area contributed by atoms with E-state index in [1.807, 2.05) is 12.1 Å². The first-order chi connectivity index (χ1) is 11.3. The van der Waals surface area contributed by atoms with Crippen LogP contribution in [0.1, 0.15) is 51.4 Å². The molecule has 3 rings (SSSR count). The van der Waals surface area contributed by atoms with E-state index in [2.05, 4.69) is 27.7 Å². The number of rotatable bonds is 6. The molecular formula is C19H29N3O. The molecule has 2 aliphatic rings. The van der Waals surface area contributed by atoms with Crippen LogP contribution in [0, 0.1) is 0 Å². The standard InChI is InChI=1S/C19H29N3O/c23-19(12-13-20-16-6-2-1-3-7-16)21-17-8-10-18(11-9-17)22-14-4-5-15-22/h8-11,16,20H,1-7,12-15H2,(H,21,23). The minimum absolute atomic E-state index is 0.0993. The van der Waals surface area contributed by atoms with Crippen LogP contribution in [0.2, 0.25) is 0 Å². The van der Waals surface area contributed by atoms with Crippen LogP contribution in [0.3, 0.4) is 0 Å². The van der Waals surface area contributed by atoms with Crippen molar-refractivity contribution in [1.29, 1.82) is 0 Å². The van der Waals surface area contributed by atoms with Gasteiger partial charge < -0.3 is 15.5 Å². The van der Waals surface area contributed by atoms with Gasteiger partial charge >= 0.3 is 0 Å². The summed E-state index contributed by atoms with van der Waals surface area (Å²) < 4.78 is 0. The van der Waals surface area contributed by atoms with E-state index in [0.29, 0.717) is 12.5 Å². The van der Waals surface area contributed by atoms with E-state index in [9.17, 15) is 4.79 Å². The van der Waals surface area contributed by atoms with Gasteiger partial charge in [0.1, 0.15) is 0 Å². The van der Waals surface area contributed by atoms with Crippen LogP contribution in [0.25, 0.3) is 0 Å². The summed E-state index contributed by atoms with van der Waals surface area (Å²) in [6.07, 6.45) is 9.66. The molecule has 1 aliphatic carbocycles. The topological polar surface area (TPSA) is 44.4 Å². The summed E-state index contributed by atoms with van der Waals surface area (Å²) in [6.45, 7) is 3.08. The number of amides is 1. The smallest absolute Gasteiger partial charge is 0.225 e. The highest BCUT2D eigenvalue weighted by Crippen LogP contribution is 2.22. The Kier molecular flexibility index (Phi) is 5.92. The Morgan fingerprint density at radius 2 is 1.70 bits per heavy atom. The fraction of sp³-hybridized carbons (Fsp3) is 0.632. The molecule has 126 valence electrons. The second-order valence-corrected chi connectivity index (χ2v) is 6.83. The maximum absolute atomic E-state index is 12.0. The third-order valence-corrected chi connectivity index (χ3v) is 5.01. The second kappa shape index (κ2) is 8.34. The van der Waals surface area contributed by atoms with Gasteiger partial charge in [0.2, 0.25) is 5.91 Å². The highest BCUT2D eigenvalue weighted by molar-refractivity contribution is 5.91. The van der Waals surface area contributed by atoms with Crippen LogP contribution >= 0.6 is 0 Å². The van der Waals surface area contributed by atoms with Crippen molar-refractivity contribution in [1.82, 2.24) is 5.32 Å². The van der Waals surface area contributed by atoms with E-state index >= 15 is 0 Å². The summed E-state index contributed by atoms with van der Waals surface area (Å²) in [6, 6.07) is 8.87. The van der Waals surface area contributed by atoms with Crippen LogP contribution in [0.4, 0.5) is 11.4 Å². The van der Waals surface area contributed by atoms with Crippen molar-refractivity contribution in [3.63, 3.8) is 0 Å². The molecular weight excluding hydrogens is 286 g/mol. The molecule has 4 nitrogen and oxygen atoms in total. The van der Waals surface area contributed by atoms with Gasteiger partial charge in [-0.15, -0.1) is 0 Å². The normalized spacial score (nSPS) is 19.0. The largest absolute Gasteiger partial charge is 0.372 e. The van der Waals surface area contributed by atoms with Crippen LogP contribution in [-0.4, -0.2) is 31.6 Å². The molecule has 1 amide bonds. The molecule has 1 saturated carbocycles. The van der Waals surface area contributed by atoms with Crippen LogP contribution in [0.15, 0.2) is 24.3 Å². The number of hydrogen-bond acceptors (Lipinski definition) is 3. The summed E-state index contributed by atoms with van der Waals surface area (Å²) in [5.74, 6) is 0.0993. The number of anilines is 2. The van der Waals surface area contributed by atoms with E-state index in [4.69, 9.17) is 0 Å². The maximum atomic E-state index is 12.0. The summed E-state index contributed by atoms with van der Waals surface area (Å²) in [5, 5.41) is 6.52. The van der Waals surface area contributed by atoms with Gasteiger partial charge in [0, 0.05) is 43.5 Å². The van der Waals surface area contributed by atoms with E-state index in [1.165, 1.54) is 50.6 Å². The molecule has 1 saturated heterocycles. The van der Waals surface area contributed by atoms with Gasteiger partial charge in [0.25, 0.3) is 0 Å². The molecule has 0 spiro atoms. The van der Waals surface area contributed by atoms with Crippen molar-refractivity contribution < 1.29 is 4.79 Å². The Labute approximate surface area is 139 Å². The molecule has 1 heterocycles. The van der Waals surface area contributed by atoms with Crippen molar-refractivity contribution >= 4 is 17.3 Å². The van der Waals surface area contributed by atoms with Crippen molar-refractivity contribution in [2.75, 3.05) is 29.9 Å². The van der Waals surface area contributed by atoms with Crippen LogP contribution in [-0.2, 0) is 4.79 Å². The molecule has 0 aromatic heterocycles. The Bertz CT molecular complexity index is 488. The Morgan fingerprint density at radius 3 is 2.39 bits per heavy atom. The number of nitrogens with zero attached hydrogens (tertiary/aromatic N) is 1. The molecule has 4 heteroatoms. The highest BCUT2D eigenvalue weighted by atomic mass is 16.1. The third-order valence-electron chi connectivity index (χ3n) is 5.01. The van der Waals surface area contributed by atoms with E-state index in [-0.39, 0.29) is 5.91 Å². The average Bonchev–Trinajstić information content (AvgIpc) is 3.11. The van der Waals surface area contributed by atoms with Crippen molar-refractivity contribution in [3.05, 3.63) is 24.3 Å². The Balaban J connectivity index is 1.38. The fourth-order valence-electron chi connectivity index (χ4n) is 3.65. The van der Waals surface area contributed by atoms with Gasteiger partial charge in [0.15, 0.2) is 0 Å². The van der Waals surface area contributed by atoms with Gasteiger partial charge in [-0.25, -0.2) is 0 Å². The molecule has 0 radical (unpaired) electrons. The highest BCUT2D eigenvalue weighted by Gasteiger charge is 2.14. The summed E-state index contributed by atoms with van der Waals surface area (Å²) in [5.41, 5.74) is 2.16. The minimum Gasteiger partial charge on any atom is -0.372 e. The first kappa shape index (κ1) is 16.3.